The first-order chi connectivity index (χ1) is 16.2. The third-order valence-electron chi connectivity index (χ3n) is 6.54. The summed E-state index contributed by atoms with van der Waals surface area (Å²) in [6, 6.07) is 10.1. The summed E-state index contributed by atoms with van der Waals surface area (Å²) >= 11 is 3.38. The molecule has 0 N–H and O–H groups in total. The van der Waals surface area contributed by atoms with Crippen molar-refractivity contribution in [1.82, 2.24) is 4.98 Å². The normalized spacial score (nSPS) is 11.3. The van der Waals surface area contributed by atoms with Gasteiger partial charge in [-0.2, -0.15) is 0 Å². The highest BCUT2D eigenvalue weighted by Crippen LogP contribution is 2.40. The molecule has 0 spiro atoms. The lowest BCUT2D eigenvalue weighted by atomic mass is 10.1. The molecule has 0 fully saturated rings. The van der Waals surface area contributed by atoms with Crippen molar-refractivity contribution in [2.24, 2.45) is 0 Å². The van der Waals surface area contributed by atoms with E-state index >= 15 is 0 Å². The number of unbranched alkanes of at least 4 members (excludes halogenated alkanes) is 3. The molecule has 1 heterocycles. The van der Waals surface area contributed by atoms with Crippen LogP contribution in [0, 0.1) is 23.3 Å². The molecule has 0 aliphatic rings. The summed E-state index contributed by atoms with van der Waals surface area (Å²) in [6.07, 6.45) is 6.52. The molecule has 182 valence electrons. The maximum absolute atomic E-state index is 6.13. The zero-order valence-electron chi connectivity index (χ0n) is 22.0. The molecule has 0 aliphatic carbocycles. The molecule has 4 heteroatoms. The fourth-order valence-corrected chi connectivity index (χ4v) is 10.2. The van der Waals surface area contributed by atoms with Crippen molar-refractivity contribution >= 4 is 24.0 Å². The standard InChI is InChI=1S/C30H40BrNOSi/c1-8-9-10-11-17-33-29-20-27(13-12-26-14-15-30(31)32-22-26)19-28(21-29)16-18-34(23(2)3,24(4)5)25(6)7/h14-15,19-25H,8-11,17H2,1-7H3. The molecular formula is C30H40BrNOSi. The Bertz CT molecular complexity index is 1010. The third kappa shape index (κ3) is 8.04. The first-order valence-electron chi connectivity index (χ1n) is 12.6. The number of hydrogen-bond acceptors (Lipinski definition) is 2. The van der Waals surface area contributed by atoms with Gasteiger partial charge in [-0.3, -0.25) is 0 Å². The highest BCUT2D eigenvalue weighted by Gasteiger charge is 2.41. The maximum Gasteiger partial charge on any atom is 0.146 e. The number of rotatable bonds is 9. The van der Waals surface area contributed by atoms with Crippen LogP contribution in [0.1, 0.15) is 90.8 Å². The number of halogens is 1. The lowest BCUT2D eigenvalue weighted by molar-refractivity contribution is 0.305. The Balaban J connectivity index is 2.42. The zero-order valence-corrected chi connectivity index (χ0v) is 24.6. The van der Waals surface area contributed by atoms with Gasteiger partial charge in [0.05, 0.1) is 6.61 Å². The van der Waals surface area contributed by atoms with Gasteiger partial charge in [0.15, 0.2) is 0 Å². The van der Waals surface area contributed by atoms with E-state index in [0.29, 0.717) is 16.6 Å². The molecule has 0 saturated heterocycles. The predicted molar refractivity (Wildman–Crippen MR) is 152 cm³/mol. The Morgan fingerprint density at radius 2 is 1.44 bits per heavy atom. The van der Waals surface area contributed by atoms with Crippen LogP contribution < -0.4 is 4.74 Å². The lowest BCUT2D eigenvalue weighted by Gasteiger charge is -2.38. The van der Waals surface area contributed by atoms with E-state index in [9.17, 15) is 0 Å². The molecular weight excluding hydrogens is 498 g/mol. The Hall–Kier alpha value is -2.01. The summed E-state index contributed by atoms with van der Waals surface area (Å²) in [7, 11) is -1.81. The van der Waals surface area contributed by atoms with Crippen molar-refractivity contribution in [2.45, 2.75) is 90.8 Å². The average molecular weight is 539 g/mol. The van der Waals surface area contributed by atoms with Gasteiger partial charge in [-0.25, -0.2) is 4.98 Å². The Morgan fingerprint density at radius 1 is 0.824 bits per heavy atom. The molecule has 34 heavy (non-hydrogen) atoms. The molecule has 0 saturated carbocycles. The first kappa shape index (κ1) is 28.2. The Morgan fingerprint density at radius 3 is 2.00 bits per heavy atom. The van der Waals surface area contributed by atoms with E-state index in [-0.39, 0.29) is 0 Å². The number of ether oxygens (including phenoxy) is 1. The summed E-state index contributed by atoms with van der Waals surface area (Å²) in [6.45, 7) is 17.0. The van der Waals surface area contributed by atoms with E-state index in [0.717, 1.165) is 40.1 Å². The summed E-state index contributed by atoms with van der Waals surface area (Å²) in [5.41, 5.74) is 8.43. The van der Waals surface area contributed by atoms with Gasteiger partial charge in [0, 0.05) is 22.9 Å². The molecule has 0 aliphatic heterocycles. The van der Waals surface area contributed by atoms with Crippen LogP contribution >= 0.6 is 15.9 Å². The zero-order chi connectivity index (χ0) is 25.1. The second-order valence-corrected chi connectivity index (χ2v) is 16.3. The molecule has 1 aromatic heterocycles. The monoisotopic (exact) mass is 537 g/mol. The number of benzene rings is 1. The number of aromatic nitrogens is 1. The van der Waals surface area contributed by atoms with Crippen LogP contribution in [-0.2, 0) is 0 Å². The molecule has 2 rings (SSSR count). The first-order valence-corrected chi connectivity index (χ1v) is 15.7. The van der Waals surface area contributed by atoms with Crippen molar-refractivity contribution in [3.8, 4) is 29.1 Å². The van der Waals surface area contributed by atoms with E-state index in [1.165, 1.54) is 19.3 Å². The molecule has 0 atom stereocenters. The van der Waals surface area contributed by atoms with E-state index in [2.05, 4.69) is 105 Å². The average Bonchev–Trinajstić information content (AvgIpc) is 2.78. The van der Waals surface area contributed by atoms with Crippen LogP contribution in [0.25, 0.3) is 0 Å². The van der Waals surface area contributed by atoms with Crippen molar-refractivity contribution in [3.63, 3.8) is 0 Å². The largest absolute Gasteiger partial charge is 0.494 e. The fraction of sp³-hybridized carbons (Fsp3) is 0.500. The molecule has 0 bridgehead atoms. The van der Waals surface area contributed by atoms with Crippen LogP contribution in [0.5, 0.6) is 5.75 Å². The minimum Gasteiger partial charge on any atom is -0.494 e. The number of nitrogens with zero attached hydrogens (tertiary/aromatic N) is 1. The van der Waals surface area contributed by atoms with Crippen LogP contribution in [0.3, 0.4) is 0 Å². The van der Waals surface area contributed by atoms with Crippen molar-refractivity contribution in [3.05, 3.63) is 57.8 Å². The highest BCUT2D eigenvalue weighted by atomic mass is 79.9. The summed E-state index contributed by atoms with van der Waals surface area (Å²) < 4.78 is 6.94. The van der Waals surface area contributed by atoms with E-state index in [1.54, 1.807) is 6.20 Å². The molecule has 1 aromatic carbocycles. The lowest BCUT2D eigenvalue weighted by Crippen LogP contribution is -2.43. The molecule has 2 nitrogen and oxygen atoms in total. The summed E-state index contributed by atoms with van der Waals surface area (Å²) in [5.74, 6) is 10.9. The van der Waals surface area contributed by atoms with Gasteiger partial charge in [0.25, 0.3) is 0 Å². The van der Waals surface area contributed by atoms with Crippen LogP contribution in [0.4, 0.5) is 0 Å². The smallest absolute Gasteiger partial charge is 0.146 e. The second-order valence-electron chi connectivity index (χ2n) is 9.92. The predicted octanol–water partition coefficient (Wildman–Crippen LogP) is 8.77. The second kappa shape index (κ2) is 13.8. The van der Waals surface area contributed by atoms with Gasteiger partial charge in [-0.05, 0) is 69.3 Å². The molecule has 0 unspecified atom stereocenters. The maximum atomic E-state index is 6.13. The van der Waals surface area contributed by atoms with Gasteiger partial charge in [0.2, 0.25) is 0 Å². The minimum atomic E-state index is -1.81. The van der Waals surface area contributed by atoms with E-state index < -0.39 is 8.07 Å². The Labute approximate surface area is 217 Å². The topological polar surface area (TPSA) is 22.1 Å². The highest BCUT2D eigenvalue weighted by molar-refractivity contribution is 9.10. The molecule has 2 aromatic rings. The van der Waals surface area contributed by atoms with Crippen molar-refractivity contribution < 1.29 is 4.74 Å². The third-order valence-corrected chi connectivity index (χ3v) is 13.3. The van der Waals surface area contributed by atoms with Crippen LogP contribution in [0.15, 0.2) is 41.1 Å². The molecule has 0 radical (unpaired) electrons. The SMILES string of the molecule is CCCCCCOc1cc(C#Cc2ccc(Br)nc2)cc(C#C[Si](C(C)C)(C(C)C)C(C)C)c1. The fourth-order valence-electron chi connectivity index (χ4n) is 4.75. The van der Waals surface area contributed by atoms with Gasteiger partial charge in [-0.15, -0.1) is 5.54 Å². The quantitative estimate of drug-likeness (QED) is 0.138. The van der Waals surface area contributed by atoms with Gasteiger partial charge >= 0.3 is 0 Å². The van der Waals surface area contributed by atoms with E-state index in [1.807, 2.05) is 18.2 Å². The van der Waals surface area contributed by atoms with E-state index in [4.69, 9.17) is 4.74 Å². The summed E-state index contributed by atoms with van der Waals surface area (Å²) in [5, 5.41) is 0. The Kier molecular flexibility index (Phi) is 11.4. The number of pyridine rings is 1. The summed E-state index contributed by atoms with van der Waals surface area (Å²) in [4.78, 5) is 4.27. The molecule has 0 amide bonds. The van der Waals surface area contributed by atoms with Crippen molar-refractivity contribution in [2.75, 3.05) is 6.61 Å². The van der Waals surface area contributed by atoms with Gasteiger partial charge < -0.3 is 4.74 Å². The van der Waals surface area contributed by atoms with Crippen molar-refractivity contribution in [1.29, 1.82) is 0 Å². The van der Waals surface area contributed by atoms with Crippen LogP contribution in [-0.4, -0.2) is 19.7 Å². The van der Waals surface area contributed by atoms with Crippen LogP contribution in [0.2, 0.25) is 16.6 Å². The van der Waals surface area contributed by atoms with Gasteiger partial charge in [0.1, 0.15) is 18.4 Å². The minimum absolute atomic E-state index is 0.599. The van der Waals surface area contributed by atoms with Gasteiger partial charge in [-0.1, -0.05) is 85.5 Å². The number of hydrogen-bond donors (Lipinski definition) is 0.